The predicted molar refractivity (Wildman–Crippen MR) is 168 cm³/mol. The van der Waals surface area contributed by atoms with Crippen LogP contribution < -0.4 is 0 Å². The molecule has 0 aromatic rings. The Hall–Kier alpha value is -1.01. The Labute approximate surface area is 276 Å². The van der Waals surface area contributed by atoms with Gasteiger partial charge in [-0.3, -0.25) is 4.79 Å². The maximum atomic E-state index is 11.6. The molecule has 1 heterocycles. The fourth-order valence-electron chi connectivity index (χ4n) is 3.71. The van der Waals surface area contributed by atoms with Crippen LogP contribution in [-0.4, -0.2) is 163 Å². The summed E-state index contributed by atoms with van der Waals surface area (Å²) in [5, 5.41) is 0. The second-order valence-corrected chi connectivity index (χ2v) is 11.1. The second-order valence-electron chi connectivity index (χ2n) is 11.1. The molecule has 0 N–H and O–H groups in total. The summed E-state index contributed by atoms with van der Waals surface area (Å²) in [5.74, 6) is -0.264. The minimum absolute atomic E-state index is 0.0687. The Morgan fingerprint density at radius 3 is 1.13 bits per heavy atom. The van der Waals surface area contributed by atoms with Crippen LogP contribution in [0.5, 0.6) is 0 Å². The van der Waals surface area contributed by atoms with E-state index in [1.165, 1.54) is 0 Å². The fourth-order valence-corrected chi connectivity index (χ4v) is 3.71. The quantitative estimate of drug-likeness (QED) is 0.0732. The average molecular weight is 671 g/mol. The van der Waals surface area contributed by atoms with E-state index in [1.54, 1.807) is 0 Å². The molecule has 1 aliphatic rings. The molecule has 0 aromatic carbocycles. The molecular formula is C32H62O14. The molecule has 0 amide bonds. The van der Waals surface area contributed by atoms with Crippen molar-refractivity contribution in [2.24, 2.45) is 0 Å². The molecule has 46 heavy (non-hydrogen) atoms. The third-order valence-electron chi connectivity index (χ3n) is 5.89. The van der Waals surface area contributed by atoms with Crippen molar-refractivity contribution in [3.05, 3.63) is 0 Å². The summed E-state index contributed by atoms with van der Waals surface area (Å²) in [7, 11) is 0. The Morgan fingerprint density at radius 2 is 0.826 bits per heavy atom. The van der Waals surface area contributed by atoms with E-state index in [0.29, 0.717) is 139 Å². The van der Waals surface area contributed by atoms with Gasteiger partial charge in [0.2, 0.25) is 0 Å². The number of carbonyl (C=O) groups excluding carboxylic acids is 1. The van der Waals surface area contributed by atoms with Crippen LogP contribution >= 0.6 is 0 Å². The molecule has 0 bridgehead atoms. The Kier molecular flexibility index (Phi) is 30.4. The van der Waals surface area contributed by atoms with Crippen LogP contribution in [0.1, 0.15) is 46.5 Å². The summed E-state index contributed by atoms with van der Waals surface area (Å²) < 4.78 is 70.9. The molecule has 0 aliphatic carbocycles. The zero-order valence-corrected chi connectivity index (χ0v) is 28.7. The SMILES string of the molecule is CC(C)(C)OC(=O)CCOCCOCCOCCOCCOCCOCCOCCOCCOCCOCCOC1CCCCO1. The van der Waals surface area contributed by atoms with Crippen molar-refractivity contribution in [2.45, 2.75) is 58.3 Å². The van der Waals surface area contributed by atoms with Gasteiger partial charge < -0.3 is 61.6 Å². The van der Waals surface area contributed by atoms with Crippen LogP contribution in [0.15, 0.2) is 0 Å². The highest BCUT2D eigenvalue weighted by molar-refractivity contribution is 5.69. The first-order valence-corrected chi connectivity index (χ1v) is 16.7. The first-order valence-electron chi connectivity index (χ1n) is 16.7. The van der Waals surface area contributed by atoms with Crippen LogP contribution in [0.2, 0.25) is 0 Å². The highest BCUT2D eigenvalue weighted by atomic mass is 16.7. The molecule has 1 aliphatic heterocycles. The zero-order valence-electron chi connectivity index (χ0n) is 28.7. The van der Waals surface area contributed by atoms with Crippen LogP contribution in [0.4, 0.5) is 0 Å². The van der Waals surface area contributed by atoms with E-state index >= 15 is 0 Å². The van der Waals surface area contributed by atoms with Gasteiger partial charge in [-0.2, -0.15) is 0 Å². The van der Waals surface area contributed by atoms with Gasteiger partial charge in [0, 0.05) is 6.61 Å². The predicted octanol–water partition coefficient (Wildman–Crippen LogP) is 2.43. The lowest BCUT2D eigenvalue weighted by Gasteiger charge is -2.22. The van der Waals surface area contributed by atoms with Crippen molar-refractivity contribution in [3.8, 4) is 0 Å². The van der Waals surface area contributed by atoms with E-state index in [1.807, 2.05) is 20.8 Å². The molecule has 0 saturated carbocycles. The monoisotopic (exact) mass is 670 g/mol. The molecule has 1 rings (SSSR count). The molecule has 1 fully saturated rings. The van der Waals surface area contributed by atoms with Crippen LogP contribution in [0.3, 0.4) is 0 Å². The fraction of sp³-hybridized carbons (Fsp3) is 0.969. The maximum Gasteiger partial charge on any atom is 0.308 e. The number of esters is 1. The third-order valence-corrected chi connectivity index (χ3v) is 5.89. The van der Waals surface area contributed by atoms with Gasteiger partial charge in [-0.1, -0.05) is 0 Å². The summed E-state index contributed by atoms with van der Waals surface area (Å²) in [5.41, 5.74) is -0.473. The van der Waals surface area contributed by atoms with E-state index in [9.17, 15) is 4.79 Å². The minimum Gasteiger partial charge on any atom is -0.460 e. The van der Waals surface area contributed by atoms with Crippen molar-refractivity contribution in [1.29, 1.82) is 0 Å². The van der Waals surface area contributed by atoms with Gasteiger partial charge in [-0.25, -0.2) is 0 Å². The molecule has 274 valence electrons. The lowest BCUT2D eigenvalue weighted by molar-refractivity contribution is -0.169. The zero-order chi connectivity index (χ0) is 33.2. The molecule has 0 spiro atoms. The van der Waals surface area contributed by atoms with Crippen molar-refractivity contribution in [3.63, 3.8) is 0 Å². The molecule has 1 saturated heterocycles. The number of carbonyl (C=O) groups is 1. The number of hydrogen-bond donors (Lipinski definition) is 0. The Morgan fingerprint density at radius 1 is 0.500 bits per heavy atom. The average Bonchev–Trinajstić information content (AvgIpc) is 3.03. The van der Waals surface area contributed by atoms with Crippen molar-refractivity contribution >= 4 is 5.97 Å². The number of rotatable bonds is 34. The topological polar surface area (TPSA) is 137 Å². The summed E-state index contributed by atoms with van der Waals surface area (Å²) in [6.07, 6.45) is 3.41. The van der Waals surface area contributed by atoms with Gasteiger partial charge in [-0.15, -0.1) is 0 Å². The number of ether oxygens (including phenoxy) is 13. The van der Waals surface area contributed by atoms with Crippen LogP contribution in [-0.2, 0) is 66.4 Å². The summed E-state index contributed by atoms with van der Waals surface area (Å²) >= 11 is 0. The second kappa shape index (κ2) is 32.5. The normalized spacial score (nSPS) is 15.4. The van der Waals surface area contributed by atoms with E-state index in [4.69, 9.17) is 61.6 Å². The Bertz CT molecular complexity index is 643. The first kappa shape index (κ1) is 43.0. The van der Waals surface area contributed by atoms with Gasteiger partial charge in [-0.05, 0) is 40.0 Å². The molecule has 1 atom stereocenters. The molecule has 0 aromatic heterocycles. The molecular weight excluding hydrogens is 608 g/mol. The smallest absolute Gasteiger partial charge is 0.308 e. The minimum atomic E-state index is -0.473. The molecule has 14 heteroatoms. The summed E-state index contributed by atoms with van der Waals surface area (Å²) in [6.45, 7) is 16.6. The van der Waals surface area contributed by atoms with Gasteiger partial charge in [0.15, 0.2) is 6.29 Å². The summed E-state index contributed by atoms with van der Waals surface area (Å²) in [4.78, 5) is 11.6. The Balaban J connectivity index is 1.62. The van der Waals surface area contributed by atoms with Gasteiger partial charge >= 0.3 is 5.97 Å². The highest BCUT2D eigenvalue weighted by Gasteiger charge is 2.16. The van der Waals surface area contributed by atoms with Gasteiger partial charge in [0.05, 0.1) is 145 Å². The van der Waals surface area contributed by atoms with E-state index < -0.39 is 5.60 Å². The van der Waals surface area contributed by atoms with Crippen LogP contribution in [0.25, 0.3) is 0 Å². The van der Waals surface area contributed by atoms with Gasteiger partial charge in [0.25, 0.3) is 0 Å². The third kappa shape index (κ3) is 32.9. The van der Waals surface area contributed by atoms with E-state index in [-0.39, 0.29) is 18.7 Å². The molecule has 0 radical (unpaired) electrons. The lowest BCUT2D eigenvalue weighted by atomic mass is 10.2. The molecule has 14 nitrogen and oxygen atoms in total. The van der Waals surface area contributed by atoms with E-state index in [0.717, 1.165) is 25.9 Å². The largest absolute Gasteiger partial charge is 0.460 e. The molecule has 1 unspecified atom stereocenters. The van der Waals surface area contributed by atoms with Crippen molar-refractivity contribution in [2.75, 3.05) is 145 Å². The van der Waals surface area contributed by atoms with Crippen LogP contribution in [0, 0.1) is 0 Å². The summed E-state index contributed by atoms with van der Waals surface area (Å²) in [6, 6.07) is 0. The standard InChI is InChI=1S/C32H62O14/c1-32(2,3)46-30(33)7-9-34-10-11-35-12-13-36-14-15-37-16-17-38-18-19-39-20-21-40-22-23-41-24-25-42-26-27-43-28-29-45-31-6-4-5-8-44-31/h31H,4-29H2,1-3H3. The first-order chi connectivity index (χ1) is 22.5. The highest BCUT2D eigenvalue weighted by Crippen LogP contribution is 2.13. The van der Waals surface area contributed by atoms with Crippen molar-refractivity contribution < 1.29 is 66.4 Å². The van der Waals surface area contributed by atoms with Gasteiger partial charge in [0.1, 0.15) is 5.60 Å². The number of hydrogen-bond acceptors (Lipinski definition) is 14. The van der Waals surface area contributed by atoms with Crippen molar-refractivity contribution in [1.82, 2.24) is 0 Å². The lowest BCUT2D eigenvalue weighted by Crippen LogP contribution is -2.24. The van der Waals surface area contributed by atoms with E-state index in [2.05, 4.69) is 0 Å². The maximum absolute atomic E-state index is 11.6.